The van der Waals surface area contributed by atoms with Crippen molar-refractivity contribution in [2.45, 2.75) is 25.9 Å². The number of ether oxygens (including phenoxy) is 1. The van der Waals surface area contributed by atoms with Gasteiger partial charge in [-0.1, -0.05) is 12.1 Å². The molecule has 0 saturated carbocycles. The molecule has 1 heterocycles. The number of nitrogens with one attached hydrogen (secondary N) is 1. The van der Waals surface area contributed by atoms with Crippen molar-refractivity contribution in [1.29, 1.82) is 0 Å². The number of benzene rings is 1. The summed E-state index contributed by atoms with van der Waals surface area (Å²) >= 11 is 0. The van der Waals surface area contributed by atoms with Gasteiger partial charge >= 0.3 is 5.97 Å². The molecule has 3 rings (SSSR count). The van der Waals surface area contributed by atoms with Gasteiger partial charge in [-0.25, -0.2) is 9.18 Å². The highest BCUT2D eigenvalue weighted by Crippen LogP contribution is 2.19. The molecule has 2 aromatic rings. The predicted molar refractivity (Wildman–Crippen MR) is 74.6 cm³/mol. The maximum atomic E-state index is 13.0. The van der Waals surface area contributed by atoms with Crippen LogP contribution in [0.1, 0.15) is 33.6 Å². The third-order valence-corrected chi connectivity index (χ3v) is 3.57. The standard InChI is InChI=1S/C16H14FNO3/c17-12-5-1-3-10(7-12)9-21-16(20)13-8-11-4-2-6-14(11)18-15(13)19/h1,3,5,7-8H,2,4,6,9H2,(H,18,19). The highest BCUT2D eigenvalue weighted by molar-refractivity contribution is 5.89. The molecule has 1 aromatic heterocycles. The van der Waals surface area contributed by atoms with Crippen molar-refractivity contribution < 1.29 is 13.9 Å². The van der Waals surface area contributed by atoms with Crippen LogP contribution < -0.4 is 5.56 Å². The molecule has 0 spiro atoms. The first-order valence-electron chi connectivity index (χ1n) is 6.80. The molecule has 0 unspecified atom stereocenters. The number of hydrogen-bond acceptors (Lipinski definition) is 3. The van der Waals surface area contributed by atoms with Crippen molar-refractivity contribution in [3.63, 3.8) is 0 Å². The van der Waals surface area contributed by atoms with Crippen LogP contribution in [0.3, 0.4) is 0 Å². The van der Waals surface area contributed by atoms with E-state index in [9.17, 15) is 14.0 Å². The van der Waals surface area contributed by atoms with Crippen LogP contribution in [0.5, 0.6) is 0 Å². The zero-order valence-electron chi connectivity index (χ0n) is 11.3. The Morgan fingerprint density at radius 3 is 2.95 bits per heavy atom. The summed E-state index contributed by atoms with van der Waals surface area (Å²) in [7, 11) is 0. The molecule has 0 aliphatic heterocycles. The normalized spacial score (nSPS) is 13.0. The quantitative estimate of drug-likeness (QED) is 0.882. The van der Waals surface area contributed by atoms with Crippen LogP contribution in [0.25, 0.3) is 0 Å². The van der Waals surface area contributed by atoms with Gasteiger partial charge in [-0.2, -0.15) is 0 Å². The molecule has 21 heavy (non-hydrogen) atoms. The van der Waals surface area contributed by atoms with E-state index in [1.54, 1.807) is 18.2 Å². The lowest BCUT2D eigenvalue weighted by Gasteiger charge is -2.06. The summed E-state index contributed by atoms with van der Waals surface area (Å²) in [5, 5.41) is 0. The molecule has 1 N–H and O–H groups in total. The van der Waals surface area contributed by atoms with E-state index in [2.05, 4.69) is 4.98 Å². The molecule has 0 bridgehead atoms. The molecule has 1 aliphatic rings. The van der Waals surface area contributed by atoms with Gasteiger partial charge in [0.05, 0.1) is 0 Å². The highest BCUT2D eigenvalue weighted by atomic mass is 19.1. The Morgan fingerprint density at radius 2 is 2.14 bits per heavy atom. The fourth-order valence-corrected chi connectivity index (χ4v) is 2.52. The summed E-state index contributed by atoms with van der Waals surface area (Å²) in [6.45, 7) is -0.0624. The largest absolute Gasteiger partial charge is 0.457 e. The van der Waals surface area contributed by atoms with Crippen LogP contribution in [0.4, 0.5) is 4.39 Å². The van der Waals surface area contributed by atoms with Crippen LogP contribution in [0.2, 0.25) is 0 Å². The second-order valence-corrected chi connectivity index (χ2v) is 5.08. The van der Waals surface area contributed by atoms with E-state index in [1.165, 1.54) is 12.1 Å². The number of aromatic amines is 1. The maximum Gasteiger partial charge on any atom is 0.344 e. The Kier molecular flexibility index (Phi) is 3.56. The van der Waals surface area contributed by atoms with Crippen LogP contribution in [0.15, 0.2) is 35.1 Å². The monoisotopic (exact) mass is 287 g/mol. The lowest BCUT2D eigenvalue weighted by molar-refractivity contribution is 0.0470. The molecule has 4 nitrogen and oxygen atoms in total. The minimum atomic E-state index is -0.685. The number of esters is 1. The average Bonchev–Trinajstić information content (AvgIpc) is 2.91. The summed E-state index contributed by atoms with van der Waals surface area (Å²) in [4.78, 5) is 26.6. The topological polar surface area (TPSA) is 59.2 Å². The molecule has 1 aromatic carbocycles. The molecule has 0 radical (unpaired) electrons. The van der Waals surface area contributed by atoms with Crippen molar-refractivity contribution in [2.24, 2.45) is 0 Å². The van der Waals surface area contributed by atoms with Gasteiger partial charge in [0.25, 0.3) is 5.56 Å². The molecule has 0 saturated heterocycles. The summed E-state index contributed by atoms with van der Waals surface area (Å²) in [5.41, 5.74) is 2.02. The van der Waals surface area contributed by atoms with Crippen LogP contribution in [0, 0.1) is 5.82 Å². The number of pyridine rings is 1. The number of halogens is 1. The van der Waals surface area contributed by atoms with E-state index in [4.69, 9.17) is 4.74 Å². The first kappa shape index (κ1) is 13.5. The average molecular weight is 287 g/mol. The van der Waals surface area contributed by atoms with E-state index in [-0.39, 0.29) is 18.0 Å². The lowest BCUT2D eigenvalue weighted by atomic mass is 10.1. The van der Waals surface area contributed by atoms with Crippen LogP contribution in [-0.4, -0.2) is 11.0 Å². The number of carbonyl (C=O) groups is 1. The second kappa shape index (κ2) is 5.52. The number of carbonyl (C=O) groups excluding carboxylic acids is 1. The molecule has 108 valence electrons. The predicted octanol–water partition coefficient (Wildman–Crippen LogP) is 2.36. The third kappa shape index (κ3) is 2.86. The molecule has 0 atom stereocenters. The number of rotatable bonds is 3. The number of H-pyrrole nitrogens is 1. The first-order valence-corrected chi connectivity index (χ1v) is 6.80. The lowest BCUT2D eigenvalue weighted by Crippen LogP contribution is -2.21. The van der Waals surface area contributed by atoms with Gasteiger partial charge in [-0.05, 0) is 48.6 Å². The number of fused-ring (bicyclic) bond motifs is 1. The molecule has 0 fully saturated rings. The fraction of sp³-hybridized carbons (Fsp3) is 0.250. The third-order valence-electron chi connectivity index (χ3n) is 3.57. The van der Waals surface area contributed by atoms with Crippen molar-refractivity contribution in [1.82, 2.24) is 4.98 Å². The highest BCUT2D eigenvalue weighted by Gasteiger charge is 2.19. The van der Waals surface area contributed by atoms with Gasteiger partial charge in [-0.15, -0.1) is 0 Å². The summed E-state index contributed by atoms with van der Waals surface area (Å²) in [5.74, 6) is -1.07. The summed E-state index contributed by atoms with van der Waals surface area (Å²) < 4.78 is 18.1. The van der Waals surface area contributed by atoms with E-state index >= 15 is 0 Å². The van der Waals surface area contributed by atoms with Crippen molar-refractivity contribution >= 4 is 5.97 Å². The first-order chi connectivity index (χ1) is 10.1. The van der Waals surface area contributed by atoms with Crippen molar-refractivity contribution in [2.75, 3.05) is 0 Å². The molecule has 0 amide bonds. The number of hydrogen-bond donors (Lipinski definition) is 1. The van der Waals surface area contributed by atoms with Gasteiger partial charge < -0.3 is 9.72 Å². The van der Waals surface area contributed by atoms with Gasteiger partial charge in [0.1, 0.15) is 18.0 Å². The van der Waals surface area contributed by atoms with E-state index < -0.39 is 11.5 Å². The Bertz CT molecular complexity index is 751. The molecule has 1 aliphatic carbocycles. The van der Waals surface area contributed by atoms with Crippen molar-refractivity contribution in [3.05, 3.63) is 68.9 Å². The minimum Gasteiger partial charge on any atom is -0.457 e. The Balaban J connectivity index is 1.75. The van der Waals surface area contributed by atoms with Gasteiger partial charge in [0, 0.05) is 5.69 Å². The summed E-state index contributed by atoms with van der Waals surface area (Å²) in [6, 6.07) is 7.41. The zero-order valence-corrected chi connectivity index (χ0v) is 11.3. The van der Waals surface area contributed by atoms with E-state index in [0.717, 1.165) is 30.5 Å². The second-order valence-electron chi connectivity index (χ2n) is 5.08. The van der Waals surface area contributed by atoms with Gasteiger partial charge in [-0.3, -0.25) is 4.79 Å². The smallest absolute Gasteiger partial charge is 0.344 e. The van der Waals surface area contributed by atoms with Crippen LogP contribution >= 0.6 is 0 Å². The maximum absolute atomic E-state index is 13.0. The zero-order chi connectivity index (χ0) is 14.8. The molecule has 5 heteroatoms. The van der Waals surface area contributed by atoms with E-state index in [1.807, 2.05) is 0 Å². The van der Waals surface area contributed by atoms with Gasteiger partial charge in [0.2, 0.25) is 0 Å². The summed E-state index contributed by atoms with van der Waals surface area (Å²) in [6.07, 6.45) is 2.67. The van der Waals surface area contributed by atoms with Gasteiger partial charge in [0.15, 0.2) is 0 Å². The van der Waals surface area contributed by atoms with E-state index in [0.29, 0.717) is 5.56 Å². The molecular weight excluding hydrogens is 273 g/mol. The Morgan fingerprint density at radius 1 is 1.29 bits per heavy atom. The van der Waals surface area contributed by atoms with Crippen molar-refractivity contribution in [3.8, 4) is 0 Å². The Labute approximate surface area is 120 Å². The van der Waals surface area contributed by atoms with Crippen LogP contribution in [-0.2, 0) is 24.2 Å². The molecular formula is C16H14FNO3. The number of aromatic nitrogens is 1. The fourth-order valence-electron chi connectivity index (χ4n) is 2.52. The number of aryl methyl sites for hydroxylation is 2. The Hall–Kier alpha value is -2.43. The SMILES string of the molecule is O=C(OCc1cccc(F)c1)c1cc2c([nH]c1=O)CCC2. The minimum absolute atomic E-state index is 0.00653.